The maximum absolute atomic E-state index is 12.9. The monoisotopic (exact) mass is 482 g/mol. The standard InChI is InChI=1S/C26H31ClN4O3/c1-4-5-6-17-29(2)26(34)20-9-13-22(14-10-20)30(3)25(33)18-31-24(32)16-15-23(28-31)19-7-11-21(27)12-8-19/h7-14H,4-6,15-18H2,1-3H3. The van der Waals surface area contributed by atoms with Crippen LogP contribution in [0.2, 0.25) is 5.02 Å². The lowest BCUT2D eigenvalue weighted by Gasteiger charge is -2.26. The van der Waals surface area contributed by atoms with Crippen LogP contribution < -0.4 is 4.90 Å². The molecule has 3 amide bonds. The third-order valence-electron chi connectivity index (χ3n) is 5.89. The summed E-state index contributed by atoms with van der Waals surface area (Å²) in [6.45, 7) is 2.69. The van der Waals surface area contributed by atoms with Crippen molar-refractivity contribution in [2.75, 3.05) is 32.1 Å². The van der Waals surface area contributed by atoms with Crippen LogP contribution in [0.15, 0.2) is 53.6 Å². The van der Waals surface area contributed by atoms with E-state index in [0.717, 1.165) is 37.1 Å². The van der Waals surface area contributed by atoms with Gasteiger partial charge in [-0.15, -0.1) is 0 Å². The second-order valence-corrected chi connectivity index (χ2v) is 8.87. The molecule has 8 heteroatoms. The van der Waals surface area contributed by atoms with Crippen LogP contribution in [0, 0.1) is 0 Å². The molecule has 0 N–H and O–H groups in total. The molecule has 1 heterocycles. The molecule has 1 aliphatic rings. The second kappa shape index (κ2) is 11.8. The molecule has 0 atom stereocenters. The van der Waals surface area contributed by atoms with Gasteiger partial charge in [0.25, 0.3) is 5.91 Å². The molecule has 0 unspecified atom stereocenters. The molecule has 0 aromatic heterocycles. The number of rotatable bonds is 9. The predicted octanol–water partition coefficient (Wildman–Crippen LogP) is 4.59. The highest BCUT2D eigenvalue weighted by atomic mass is 35.5. The summed E-state index contributed by atoms with van der Waals surface area (Å²) in [4.78, 5) is 41.1. The van der Waals surface area contributed by atoms with Crippen molar-refractivity contribution in [2.24, 2.45) is 5.10 Å². The van der Waals surface area contributed by atoms with Gasteiger partial charge in [-0.3, -0.25) is 14.4 Å². The zero-order valence-electron chi connectivity index (χ0n) is 20.0. The fraction of sp³-hybridized carbons (Fsp3) is 0.385. The van der Waals surface area contributed by atoms with E-state index in [-0.39, 0.29) is 24.3 Å². The molecule has 180 valence electrons. The molecule has 0 fully saturated rings. The summed E-state index contributed by atoms with van der Waals surface area (Å²) in [6.07, 6.45) is 3.98. The lowest BCUT2D eigenvalue weighted by Crippen LogP contribution is -2.41. The summed E-state index contributed by atoms with van der Waals surface area (Å²) in [5, 5.41) is 6.28. The number of hydrogen-bond donors (Lipinski definition) is 0. The number of unbranched alkanes of at least 4 members (excludes halogenated alkanes) is 2. The molecule has 0 spiro atoms. The van der Waals surface area contributed by atoms with Crippen molar-refractivity contribution in [1.82, 2.24) is 9.91 Å². The Morgan fingerprint density at radius 3 is 2.32 bits per heavy atom. The first-order valence-electron chi connectivity index (χ1n) is 11.6. The smallest absolute Gasteiger partial charge is 0.253 e. The van der Waals surface area contributed by atoms with Crippen LogP contribution in [-0.2, 0) is 9.59 Å². The van der Waals surface area contributed by atoms with Crippen molar-refractivity contribution in [2.45, 2.75) is 39.0 Å². The molecule has 2 aromatic rings. The Hall–Kier alpha value is -3.19. The number of amides is 3. The summed E-state index contributed by atoms with van der Waals surface area (Å²) in [7, 11) is 3.45. The zero-order chi connectivity index (χ0) is 24.7. The number of anilines is 1. The summed E-state index contributed by atoms with van der Waals surface area (Å²) >= 11 is 5.96. The number of carbonyl (C=O) groups is 3. The topological polar surface area (TPSA) is 73.3 Å². The van der Waals surface area contributed by atoms with Crippen molar-refractivity contribution >= 4 is 40.7 Å². The fourth-order valence-corrected chi connectivity index (χ4v) is 3.83. The van der Waals surface area contributed by atoms with E-state index in [0.29, 0.717) is 29.1 Å². The highest BCUT2D eigenvalue weighted by Crippen LogP contribution is 2.19. The zero-order valence-corrected chi connectivity index (χ0v) is 20.7. The van der Waals surface area contributed by atoms with Crippen LogP contribution in [0.4, 0.5) is 5.69 Å². The van der Waals surface area contributed by atoms with Crippen molar-refractivity contribution in [3.05, 3.63) is 64.7 Å². The van der Waals surface area contributed by atoms with Gasteiger partial charge in [0.1, 0.15) is 6.54 Å². The molecule has 0 aliphatic carbocycles. The first kappa shape index (κ1) is 25.4. The van der Waals surface area contributed by atoms with E-state index in [9.17, 15) is 14.4 Å². The molecule has 3 rings (SSSR count). The van der Waals surface area contributed by atoms with Crippen LogP contribution in [-0.4, -0.2) is 60.5 Å². The minimum absolute atomic E-state index is 0.0420. The fourth-order valence-electron chi connectivity index (χ4n) is 3.70. The van der Waals surface area contributed by atoms with E-state index in [1.165, 1.54) is 9.91 Å². The predicted molar refractivity (Wildman–Crippen MR) is 135 cm³/mol. The molecule has 0 saturated carbocycles. The molecular formula is C26H31ClN4O3. The number of halogens is 1. The lowest BCUT2D eigenvalue weighted by molar-refractivity contribution is -0.135. The molecule has 2 aromatic carbocycles. The van der Waals surface area contributed by atoms with Crippen molar-refractivity contribution < 1.29 is 14.4 Å². The van der Waals surface area contributed by atoms with Gasteiger partial charge in [0.2, 0.25) is 11.8 Å². The van der Waals surface area contributed by atoms with Crippen LogP contribution in [0.1, 0.15) is 54.9 Å². The van der Waals surface area contributed by atoms with E-state index in [4.69, 9.17) is 11.6 Å². The summed E-state index contributed by atoms with van der Waals surface area (Å²) in [5.41, 5.74) is 2.84. The van der Waals surface area contributed by atoms with Crippen LogP contribution >= 0.6 is 11.6 Å². The maximum atomic E-state index is 12.9. The lowest BCUT2D eigenvalue weighted by atomic mass is 10.0. The van der Waals surface area contributed by atoms with E-state index in [2.05, 4.69) is 12.0 Å². The Bertz CT molecular complexity index is 1050. The third kappa shape index (κ3) is 6.44. The molecule has 0 saturated heterocycles. The number of hydrogen-bond acceptors (Lipinski definition) is 4. The van der Waals surface area contributed by atoms with Crippen LogP contribution in [0.25, 0.3) is 0 Å². The van der Waals surface area contributed by atoms with Crippen LogP contribution in [0.5, 0.6) is 0 Å². The van der Waals surface area contributed by atoms with E-state index < -0.39 is 0 Å². The Kier molecular flexibility index (Phi) is 8.82. The van der Waals surface area contributed by atoms with Gasteiger partial charge < -0.3 is 9.80 Å². The van der Waals surface area contributed by atoms with E-state index >= 15 is 0 Å². The largest absolute Gasteiger partial charge is 0.342 e. The Labute approximate surface area is 206 Å². The quantitative estimate of drug-likeness (QED) is 0.490. The Morgan fingerprint density at radius 2 is 1.68 bits per heavy atom. The summed E-state index contributed by atoms with van der Waals surface area (Å²) in [6, 6.07) is 14.2. The van der Waals surface area contributed by atoms with Crippen molar-refractivity contribution in [3.63, 3.8) is 0 Å². The van der Waals surface area contributed by atoms with E-state index in [1.54, 1.807) is 55.4 Å². The summed E-state index contributed by atoms with van der Waals surface area (Å²) in [5.74, 6) is -0.503. The number of hydrazone groups is 1. The normalized spacial score (nSPS) is 13.5. The Balaban J connectivity index is 1.64. The minimum atomic E-state index is -0.273. The van der Waals surface area contributed by atoms with Gasteiger partial charge >= 0.3 is 0 Å². The first-order valence-corrected chi connectivity index (χ1v) is 11.9. The first-order chi connectivity index (χ1) is 16.3. The summed E-state index contributed by atoms with van der Waals surface area (Å²) < 4.78 is 0. The molecule has 1 aliphatic heterocycles. The van der Waals surface area contributed by atoms with Crippen LogP contribution in [0.3, 0.4) is 0 Å². The average molecular weight is 483 g/mol. The van der Waals surface area contributed by atoms with Gasteiger partial charge in [0.15, 0.2) is 0 Å². The van der Waals surface area contributed by atoms with Crippen molar-refractivity contribution in [1.29, 1.82) is 0 Å². The molecule has 0 radical (unpaired) electrons. The Morgan fingerprint density at radius 1 is 1.00 bits per heavy atom. The van der Waals surface area contributed by atoms with Gasteiger partial charge in [-0.25, -0.2) is 5.01 Å². The second-order valence-electron chi connectivity index (χ2n) is 8.44. The van der Waals surface area contributed by atoms with Gasteiger partial charge in [-0.2, -0.15) is 5.10 Å². The van der Waals surface area contributed by atoms with E-state index in [1.807, 2.05) is 12.1 Å². The highest BCUT2D eigenvalue weighted by Gasteiger charge is 2.25. The maximum Gasteiger partial charge on any atom is 0.253 e. The average Bonchev–Trinajstić information content (AvgIpc) is 2.85. The molecular weight excluding hydrogens is 452 g/mol. The number of likely N-dealkylation sites (N-methyl/N-ethyl adjacent to an activating group) is 1. The number of nitrogens with zero attached hydrogens (tertiary/aromatic N) is 4. The van der Waals surface area contributed by atoms with Crippen molar-refractivity contribution in [3.8, 4) is 0 Å². The third-order valence-corrected chi connectivity index (χ3v) is 6.14. The number of carbonyl (C=O) groups excluding carboxylic acids is 3. The molecule has 34 heavy (non-hydrogen) atoms. The minimum Gasteiger partial charge on any atom is -0.342 e. The van der Waals surface area contributed by atoms with Gasteiger partial charge in [0, 0.05) is 49.8 Å². The molecule has 7 nitrogen and oxygen atoms in total. The van der Waals surface area contributed by atoms with Gasteiger partial charge in [0.05, 0.1) is 5.71 Å². The molecule has 0 bridgehead atoms. The van der Waals surface area contributed by atoms with Gasteiger partial charge in [-0.1, -0.05) is 43.5 Å². The highest BCUT2D eigenvalue weighted by molar-refractivity contribution is 6.30. The van der Waals surface area contributed by atoms with Gasteiger partial charge in [-0.05, 0) is 48.4 Å². The number of benzene rings is 2. The SMILES string of the molecule is CCCCCN(C)C(=O)c1ccc(N(C)C(=O)CN2N=C(c3ccc(Cl)cc3)CCC2=O)cc1.